The topological polar surface area (TPSA) is 80.4 Å². The van der Waals surface area contributed by atoms with E-state index in [0.29, 0.717) is 6.42 Å². The third-order valence-corrected chi connectivity index (χ3v) is 2.43. The van der Waals surface area contributed by atoms with E-state index in [9.17, 15) is 8.42 Å². The zero-order valence-electron chi connectivity index (χ0n) is 8.97. The summed E-state index contributed by atoms with van der Waals surface area (Å²) in [6, 6.07) is 7.80. The molecule has 5 heteroatoms. The molecular formula is C10H17NO3S. The molecular weight excluding hydrogens is 214 g/mol. The lowest BCUT2D eigenvalue weighted by atomic mass is 10.2. The molecule has 1 aromatic rings. The second-order valence-electron chi connectivity index (χ2n) is 3.20. The Morgan fingerprint density at radius 2 is 2.00 bits per heavy atom. The van der Waals surface area contributed by atoms with Gasteiger partial charge in [0, 0.05) is 5.69 Å². The number of hydrogen-bond donors (Lipinski definition) is 2. The first-order valence-corrected chi connectivity index (χ1v) is 6.23. The van der Waals surface area contributed by atoms with Gasteiger partial charge < -0.3 is 5.73 Å². The molecule has 0 saturated heterocycles. The maximum absolute atomic E-state index is 9.79. The number of anilines is 1. The molecule has 4 nitrogen and oxygen atoms in total. The highest BCUT2D eigenvalue weighted by Crippen LogP contribution is 2.03. The van der Waals surface area contributed by atoms with Crippen molar-refractivity contribution in [3.05, 3.63) is 29.8 Å². The molecule has 0 saturated carbocycles. The molecule has 0 spiro atoms. The van der Waals surface area contributed by atoms with Gasteiger partial charge in [-0.2, -0.15) is 8.42 Å². The van der Waals surface area contributed by atoms with E-state index >= 15 is 0 Å². The van der Waals surface area contributed by atoms with Gasteiger partial charge in [0.2, 0.25) is 0 Å². The molecule has 0 aliphatic carbocycles. The average Bonchev–Trinajstić information content (AvgIpc) is 2.01. The second-order valence-corrected chi connectivity index (χ2v) is 4.77. The van der Waals surface area contributed by atoms with Gasteiger partial charge in [0.25, 0.3) is 10.1 Å². The summed E-state index contributed by atoms with van der Waals surface area (Å²) in [5, 5.41) is 0. The third-order valence-electron chi connectivity index (χ3n) is 1.50. The second kappa shape index (κ2) is 6.42. The molecule has 3 N–H and O–H groups in total. The number of nitrogens with two attached hydrogens (primary N) is 1. The Labute approximate surface area is 90.9 Å². The molecule has 0 aliphatic rings. The summed E-state index contributed by atoms with van der Waals surface area (Å²) in [7, 11) is -3.67. The van der Waals surface area contributed by atoms with E-state index in [-0.39, 0.29) is 5.75 Å². The number of hydrogen-bond acceptors (Lipinski definition) is 3. The quantitative estimate of drug-likeness (QED) is 0.601. The van der Waals surface area contributed by atoms with Gasteiger partial charge in [-0.1, -0.05) is 19.1 Å². The minimum atomic E-state index is -3.67. The van der Waals surface area contributed by atoms with Gasteiger partial charge in [-0.05, 0) is 31.0 Å². The van der Waals surface area contributed by atoms with E-state index in [1.54, 1.807) is 6.92 Å². The highest BCUT2D eigenvalue weighted by atomic mass is 32.2. The van der Waals surface area contributed by atoms with Gasteiger partial charge in [0.15, 0.2) is 0 Å². The van der Waals surface area contributed by atoms with Crippen LogP contribution in [0.15, 0.2) is 24.3 Å². The standard InChI is InChI=1S/C7H9N.C3H8O3S/c1-6-3-2-4-7(8)5-6;1-2-3-7(4,5)6/h2-5H,8H2,1H3;2-3H2,1H3,(H,4,5,6). The van der Waals surface area contributed by atoms with Gasteiger partial charge >= 0.3 is 0 Å². The van der Waals surface area contributed by atoms with Crippen LogP contribution in [0.3, 0.4) is 0 Å². The van der Waals surface area contributed by atoms with E-state index in [2.05, 4.69) is 0 Å². The number of benzene rings is 1. The first kappa shape index (κ1) is 13.9. The molecule has 0 aromatic heterocycles. The Balaban J connectivity index is 0.000000265. The molecule has 0 radical (unpaired) electrons. The van der Waals surface area contributed by atoms with Crippen LogP contribution in [0, 0.1) is 6.92 Å². The summed E-state index contributed by atoms with van der Waals surface area (Å²) in [5.41, 5.74) is 7.51. The molecule has 15 heavy (non-hydrogen) atoms. The summed E-state index contributed by atoms with van der Waals surface area (Å²) in [6.07, 6.45) is 0.471. The molecule has 0 amide bonds. The predicted molar refractivity (Wildman–Crippen MR) is 62.3 cm³/mol. The number of rotatable bonds is 2. The van der Waals surface area contributed by atoms with E-state index in [1.807, 2.05) is 31.2 Å². The summed E-state index contributed by atoms with van der Waals surface area (Å²) in [6.45, 7) is 3.71. The van der Waals surface area contributed by atoms with Crippen molar-refractivity contribution >= 4 is 15.8 Å². The van der Waals surface area contributed by atoms with Crippen LogP contribution in [0.25, 0.3) is 0 Å². The van der Waals surface area contributed by atoms with Crippen LogP contribution in [0.1, 0.15) is 18.9 Å². The smallest absolute Gasteiger partial charge is 0.264 e. The molecule has 0 atom stereocenters. The Morgan fingerprint density at radius 3 is 2.20 bits per heavy atom. The Hall–Kier alpha value is -1.07. The summed E-state index contributed by atoms with van der Waals surface area (Å²) in [5.74, 6) is -0.132. The van der Waals surface area contributed by atoms with Crippen LogP contribution in [0.5, 0.6) is 0 Å². The zero-order chi connectivity index (χ0) is 11.9. The lowest BCUT2D eigenvalue weighted by Crippen LogP contribution is -2.01. The Morgan fingerprint density at radius 1 is 1.40 bits per heavy atom. The van der Waals surface area contributed by atoms with E-state index in [1.165, 1.54) is 5.56 Å². The van der Waals surface area contributed by atoms with Crippen molar-refractivity contribution in [3.63, 3.8) is 0 Å². The van der Waals surface area contributed by atoms with Gasteiger partial charge in [0.05, 0.1) is 5.75 Å². The highest BCUT2D eigenvalue weighted by molar-refractivity contribution is 7.85. The van der Waals surface area contributed by atoms with Crippen LogP contribution in [-0.4, -0.2) is 18.7 Å². The minimum absolute atomic E-state index is 0.132. The van der Waals surface area contributed by atoms with Crippen LogP contribution in [0.4, 0.5) is 5.69 Å². The summed E-state index contributed by atoms with van der Waals surface area (Å²) >= 11 is 0. The predicted octanol–water partition coefficient (Wildman–Crippen LogP) is 1.86. The normalized spacial score (nSPS) is 10.3. The summed E-state index contributed by atoms with van der Waals surface area (Å²) < 4.78 is 27.6. The van der Waals surface area contributed by atoms with Crippen molar-refractivity contribution in [1.29, 1.82) is 0 Å². The van der Waals surface area contributed by atoms with Crippen LogP contribution in [0.2, 0.25) is 0 Å². The van der Waals surface area contributed by atoms with E-state index < -0.39 is 10.1 Å². The average molecular weight is 231 g/mol. The molecule has 0 aliphatic heterocycles. The number of aryl methyl sites for hydroxylation is 1. The van der Waals surface area contributed by atoms with Crippen molar-refractivity contribution in [2.24, 2.45) is 0 Å². The number of nitrogen functional groups attached to an aromatic ring is 1. The van der Waals surface area contributed by atoms with Crippen molar-refractivity contribution in [1.82, 2.24) is 0 Å². The fourth-order valence-corrected chi connectivity index (χ4v) is 1.44. The van der Waals surface area contributed by atoms with Gasteiger partial charge in [-0.25, -0.2) is 0 Å². The molecule has 1 rings (SSSR count). The third kappa shape index (κ3) is 9.24. The fraction of sp³-hybridized carbons (Fsp3) is 0.400. The maximum atomic E-state index is 9.79. The van der Waals surface area contributed by atoms with Crippen molar-refractivity contribution < 1.29 is 13.0 Å². The van der Waals surface area contributed by atoms with Crippen LogP contribution < -0.4 is 5.73 Å². The van der Waals surface area contributed by atoms with Gasteiger partial charge in [-0.15, -0.1) is 0 Å². The maximum Gasteiger partial charge on any atom is 0.264 e. The van der Waals surface area contributed by atoms with Crippen molar-refractivity contribution in [2.45, 2.75) is 20.3 Å². The van der Waals surface area contributed by atoms with E-state index in [4.69, 9.17) is 10.3 Å². The fourth-order valence-electron chi connectivity index (χ4n) is 0.928. The van der Waals surface area contributed by atoms with Crippen molar-refractivity contribution in [2.75, 3.05) is 11.5 Å². The van der Waals surface area contributed by atoms with Crippen molar-refractivity contribution in [3.8, 4) is 0 Å². The summed E-state index contributed by atoms with van der Waals surface area (Å²) in [4.78, 5) is 0. The van der Waals surface area contributed by atoms with Gasteiger partial charge in [0.1, 0.15) is 0 Å². The zero-order valence-corrected chi connectivity index (χ0v) is 9.79. The molecule has 0 bridgehead atoms. The molecule has 0 unspecified atom stereocenters. The van der Waals surface area contributed by atoms with E-state index in [0.717, 1.165) is 5.69 Å². The largest absolute Gasteiger partial charge is 0.399 e. The SMILES string of the molecule is CCCS(=O)(=O)O.Cc1cccc(N)c1. The lowest BCUT2D eigenvalue weighted by molar-refractivity contribution is 0.482. The molecule has 86 valence electrons. The molecule has 0 heterocycles. The molecule has 1 aromatic carbocycles. The minimum Gasteiger partial charge on any atom is -0.399 e. The first-order chi connectivity index (χ1) is 6.85. The Bertz CT molecular complexity index is 370. The van der Waals surface area contributed by atoms with Crippen LogP contribution in [-0.2, 0) is 10.1 Å². The van der Waals surface area contributed by atoms with Gasteiger partial charge in [-0.3, -0.25) is 4.55 Å². The van der Waals surface area contributed by atoms with Crippen LogP contribution >= 0.6 is 0 Å². The molecule has 0 fully saturated rings. The first-order valence-electron chi connectivity index (χ1n) is 4.62. The Kier molecular flexibility index (Phi) is 5.96. The highest BCUT2D eigenvalue weighted by Gasteiger charge is 1.98. The monoisotopic (exact) mass is 231 g/mol. The lowest BCUT2D eigenvalue weighted by Gasteiger charge is -1.91.